The van der Waals surface area contributed by atoms with E-state index < -0.39 is 0 Å². The smallest absolute Gasteiger partial charge is 0.138 e. The molecule has 2 fully saturated rings. The number of rotatable bonds is 4. The molecule has 132 valence electrons. The Kier molecular flexibility index (Phi) is 4.06. The van der Waals surface area contributed by atoms with Crippen LogP contribution >= 0.6 is 11.8 Å². The minimum atomic E-state index is 0.296. The van der Waals surface area contributed by atoms with Gasteiger partial charge in [0.25, 0.3) is 0 Å². The van der Waals surface area contributed by atoms with Gasteiger partial charge in [-0.05, 0) is 24.3 Å². The maximum Gasteiger partial charge on any atom is 0.138 e. The van der Waals surface area contributed by atoms with E-state index in [0.29, 0.717) is 10.9 Å². The summed E-state index contributed by atoms with van der Waals surface area (Å²) in [6, 6.07) is 16.6. The van der Waals surface area contributed by atoms with E-state index in [2.05, 4.69) is 58.0 Å². The number of likely N-dealkylation sites (tertiary alicyclic amines) is 1. The molecule has 5 heteroatoms. The lowest BCUT2D eigenvalue weighted by molar-refractivity contribution is 0.0909. The molecule has 0 saturated carbocycles. The summed E-state index contributed by atoms with van der Waals surface area (Å²) >= 11 is 2.07. The number of hydrogen-bond acceptors (Lipinski definition) is 5. The summed E-state index contributed by atoms with van der Waals surface area (Å²) < 4.78 is 6.46. The molecule has 2 saturated heterocycles. The number of nitrogens with zero attached hydrogens (tertiary/aromatic N) is 3. The maximum absolute atomic E-state index is 6.09. The standard InChI is InChI=1S/C21H21N3OS/c1-2-6-20-16(4-1)7-8-17(23-20)12-24-14-21(15-24)10-19(13-26-21)25-18-5-3-9-22-11-18/h1-9,11,19H,10,12-15H2/t19-/m1/s1. The summed E-state index contributed by atoms with van der Waals surface area (Å²) in [4.78, 5) is 11.4. The van der Waals surface area contributed by atoms with Crippen LogP contribution in [0.25, 0.3) is 10.9 Å². The zero-order valence-corrected chi connectivity index (χ0v) is 15.4. The zero-order valence-electron chi connectivity index (χ0n) is 14.5. The van der Waals surface area contributed by atoms with Gasteiger partial charge in [-0.15, -0.1) is 11.8 Å². The van der Waals surface area contributed by atoms with E-state index in [1.807, 2.05) is 12.1 Å². The van der Waals surface area contributed by atoms with Crippen LogP contribution in [0.15, 0.2) is 60.9 Å². The van der Waals surface area contributed by atoms with Crippen LogP contribution in [0.3, 0.4) is 0 Å². The monoisotopic (exact) mass is 363 g/mol. The molecule has 5 rings (SSSR count). The Morgan fingerprint density at radius 3 is 2.92 bits per heavy atom. The number of aromatic nitrogens is 2. The number of fused-ring (bicyclic) bond motifs is 1. The Morgan fingerprint density at radius 2 is 2.04 bits per heavy atom. The van der Waals surface area contributed by atoms with E-state index in [1.165, 1.54) is 5.39 Å². The average molecular weight is 363 g/mol. The van der Waals surface area contributed by atoms with Crippen LogP contribution in [0, 0.1) is 0 Å². The summed E-state index contributed by atoms with van der Waals surface area (Å²) in [5, 5.41) is 1.21. The van der Waals surface area contributed by atoms with Crippen LogP contribution < -0.4 is 4.74 Å². The second-order valence-corrected chi connectivity index (χ2v) is 8.76. The molecular formula is C21H21N3OS. The summed E-state index contributed by atoms with van der Waals surface area (Å²) in [6.07, 6.45) is 5.00. The highest BCUT2D eigenvalue weighted by molar-refractivity contribution is 8.01. The van der Waals surface area contributed by atoms with Gasteiger partial charge in [-0.1, -0.05) is 24.3 Å². The second-order valence-electron chi connectivity index (χ2n) is 7.27. The molecule has 2 aliphatic heterocycles. The summed E-state index contributed by atoms with van der Waals surface area (Å²) in [5.74, 6) is 1.95. The number of ether oxygens (including phenoxy) is 1. The van der Waals surface area contributed by atoms with Crippen molar-refractivity contribution in [2.24, 2.45) is 0 Å². The van der Waals surface area contributed by atoms with Gasteiger partial charge in [0.2, 0.25) is 0 Å². The van der Waals surface area contributed by atoms with Crippen LogP contribution in [0.1, 0.15) is 12.1 Å². The highest BCUT2D eigenvalue weighted by atomic mass is 32.2. The first kappa shape index (κ1) is 16.1. The highest BCUT2D eigenvalue weighted by Crippen LogP contribution is 2.46. The van der Waals surface area contributed by atoms with E-state index in [1.54, 1.807) is 12.4 Å². The van der Waals surface area contributed by atoms with Crippen molar-refractivity contribution in [2.45, 2.75) is 23.8 Å². The molecule has 2 aliphatic rings. The molecule has 1 atom stereocenters. The molecule has 0 aliphatic carbocycles. The Balaban J connectivity index is 1.18. The first-order chi connectivity index (χ1) is 12.8. The van der Waals surface area contributed by atoms with Gasteiger partial charge in [0.1, 0.15) is 11.9 Å². The van der Waals surface area contributed by atoms with Gasteiger partial charge in [-0.3, -0.25) is 14.9 Å². The van der Waals surface area contributed by atoms with Crippen molar-refractivity contribution >= 4 is 22.7 Å². The number of para-hydroxylation sites is 1. The molecule has 1 aromatic carbocycles. The topological polar surface area (TPSA) is 38.2 Å². The van der Waals surface area contributed by atoms with E-state index >= 15 is 0 Å². The Hall–Kier alpha value is -2.11. The van der Waals surface area contributed by atoms with Gasteiger partial charge in [-0.25, -0.2) is 0 Å². The molecule has 0 bridgehead atoms. The summed E-state index contributed by atoms with van der Waals surface area (Å²) in [7, 11) is 0. The van der Waals surface area contributed by atoms with Crippen molar-refractivity contribution < 1.29 is 4.74 Å². The zero-order chi connectivity index (χ0) is 17.4. The van der Waals surface area contributed by atoms with E-state index in [9.17, 15) is 0 Å². The number of thioether (sulfide) groups is 1. The molecule has 1 spiro atoms. The predicted molar refractivity (Wildman–Crippen MR) is 105 cm³/mol. The summed E-state index contributed by atoms with van der Waals surface area (Å²) in [5.41, 5.74) is 2.24. The average Bonchev–Trinajstić information content (AvgIpc) is 3.06. The van der Waals surface area contributed by atoms with Crippen molar-refractivity contribution in [3.8, 4) is 5.75 Å². The molecule has 0 N–H and O–H groups in total. The quantitative estimate of drug-likeness (QED) is 0.705. The summed E-state index contributed by atoms with van der Waals surface area (Å²) in [6.45, 7) is 3.18. The van der Waals surface area contributed by atoms with Crippen LogP contribution in [0.2, 0.25) is 0 Å². The van der Waals surface area contributed by atoms with Gasteiger partial charge >= 0.3 is 0 Å². The van der Waals surface area contributed by atoms with Gasteiger partial charge in [0, 0.05) is 48.1 Å². The number of benzene rings is 1. The highest BCUT2D eigenvalue weighted by Gasteiger charge is 2.49. The Bertz CT molecular complexity index is 911. The normalized spacial score (nSPS) is 21.8. The predicted octanol–water partition coefficient (Wildman–Crippen LogP) is 3.77. The SMILES string of the molecule is c1cncc(O[C@H]2CSC3(C2)CN(Cc2ccc4ccccc4n2)C3)c1. The van der Waals surface area contributed by atoms with Crippen LogP contribution in [-0.2, 0) is 6.54 Å². The Labute approximate surface area is 157 Å². The van der Waals surface area contributed by atoms with Gasteiger partial charge in [-0.2, -0.15) is 0 Å². The molecule has 4 nitrogen and oxygen atoms in total. The first-order valence-electron chi connectivity index (χ1n) is 9.06. The molecular weight excluding hydrogens is 342 g/mol. The lowest BCUT2D eigenvalue weighted by Crippen LogP contribution is -2.58. The van der Waals surface area contributed by atoms with Crippen LogP contribution in [0.5, 0.6) is 5.75 Å². The van der Waals surface area contributed by atoms with Crippen molar-refractivity contribution in [1.29, 1.82) is 0 Å². The van der Waals surface area contributed by atoms with Gasteiger partial charge < -0.3 is 4.74 Å². The third-order valence-electron chi connectivity index (χ3n) is 5.18. The minimum absolute atomic E-state index is 0.296. The van der Waals surface area contributed by atoms with Gasteiger partial charge in [0.15, 0.2) is 0 Å². The van der Waals surface area contributed by atoms with Crippen LogP contribution in [0.4, 0.5) is 0 Å². The molecule has 0 radical (unpaired) electrons. The molecule has 0 unspecified atom stereocenters. The fourth-order valence-corrected chi connectivity index (χ4v) is 5.59. The van der Waals surface area contributed by atoms with E-state index in [4.69, 9.17) is 9.72 Å². The second kappa shape index (κ2) is 6.56. The molecule has 26 heavy (non-hydrogen) atoms. The fourth-order valence-electron chi connectivity index (χ4n) is 4.01. The van der Waals surface area contributed by atoms with Crippen molar-refractivity contribution in [3.05, 3.63) is 66.6 Å². The molecule has 2 aromatic heterocycles. The third kappa shape index (κ3) is 3.17. The third-order valence-corrected chi connectivity index (χ3v) is 6.75. The van der Waals surface area contributed by atoms with Crippen LogP contribution in [-0.4, -0.2) is 44.6 Å². The van der Waals surface area contributed by atoms with Crippen molar-refractivity contribution in [1.82, 2.24) is 14.9 Å². The number of pyridine rings is 2. The lowest BCUT2D eigenvalue weighted by atomic mass is 9.92. The largest absolute Gasteiger partial charge is 0.488 e. The molecule has 4 heterocycles. The molecule has 3 aromatic rings. The van der Waals surface area contributed by atoms with E-state index in [0.717, 1.165) is 48.8 Å². The van der Waals surface area contributed by atoms with E-state index in [-0.39, 0.29) is 0 Å². The molecule has 0 amide bonds. The Morgan fingerprint density at radius 1 is 1.12 bits per heavy atom. The lowest BCUT2D eigenvalue weighted by Gasteiger charge is -2.47. The fraction of sp³-hybridized carbons (Fsp3) is 0.333. The number of hydrogen-bond donors (Lipinski definition) is 0. The van der Waals surface area contributed by atoms with Crippen molar-refractivity contribution in [2.75, 3.05) is 18.8 Å². The van der Waals surface area contributed by atoms with Crippen molar-refractivity contribution in [3.63, 3.8) is 0 Å². The minimum Gasteiger partial charge on any atom is -0.488 e. The van der Waals surface area contributed by atoms with Gasteiger partial charge in [0.05, 0.1) is 17.4 Å². The maximum atomic E-state index is 6.09. The first-order valence-corrected chi connectivity index (χ1v) is 10.0.